The van der Waals surface area contributed by atoms with E-state index in [1.807, 2.05) is 54.6 Å². The first-order valence-corrected chi connectivity index (χ1v) is 9.15. The number of carbonyl (C=O) groups is 1. The van der Waals surface area contributed by atoms with E-state index >= 15 is 0 Å². The highest BCUT2D eigenvalue weighted by Gasteiger charge is 2.14. The third kappa shape index (κ3) is 3.90. The largest absolute Gasteiger partial charge is 0.278 e. The average molecular weight is 396 g/mol. The van der Waals surface area contributed by atoms with Gasteiger partial charge >= 0.3 is 0 Å². The number of nitro groups is 1. The molecule has 0 saturated carbocycles. The molecule has 1 amide bonds. The normalized spacial score (nSPS) is 10.9. The van der Waals surface area contributed by atoms with Crippen LogP contribution in [0.15, 0.2) is 90.0 Å². The Hall–Kier alpha value is -4.39. The number of carbonyl (C=O) groups excluding carboxylic acids is 1. The fraction of sp³-hybridized carbons (Fsp3) is 0. The zero-order chi connectivity index (χ0) is 20.9. The van der Waals surface area contributed by atoms with Gasteiger partial charge in [0.1, 0.15) is 0 Å². The van der Waals surface area contributed by atoms with Crippen LogP contribution in [0.4, 0.5) is 5.69 Å². The van der Waals surface area contributed by atoms with E-state index in [9.17, 15) is 14.9 Å². The van der Waals surface area contributed by atoms with E-state index in [0.29, 0.717) is 27.7 Å². The summed E-state index contributed by atoms with van der Waals surface area (Å²) in [4.78, 5) is 28.1. The van der Waals surface area contributed by atoms with Crippen molar-refractivity contribution in [3.05, 3.63) is 106 Å². The van der Waals surface area contributed by atoms with Gasteiger partial charge in [0.25, 0.3) is 11.6 Å². The van der Waals surface area contributed by atoms with Crippen LogP contribution < -0.4 is 5.43 Å². The number of aromatic nitrogens is 1. The monoisotopic (exact) mass is 396 g/mol. The van der Waals surface area contributed by atoms with Crippen LogP contribution in [0, 0.1) is 10.1 Å². The van der Waals surface area contributed by atoms with E-state index in [2.05, 4.69) is 15.5 Å². The van der Waals surface area contributed by atoms with Crippen LogP contribution >= 0.6 is 0 Å². The molecule has 0 saturated heterocycles. The summed E-state index contributed by atoms with van der Waals surface area (Å²) in [5.41, 5.74) is 5.34. The topological polar surface area (TPSA) is 97.5 Å². The lowest BCUT2D eigenvalue weighted by molar-refractivity contribution is -0.385. The maximum Gasteiger partial charge on any atom is 0.278 e. The first-order valence-electron chi connectivity index (χ1n) is 9.15. The summed E-state index contributed by atoms with van der Waals surface area (Å²) in [6.07, 6.45) is 1.26. The van der Waals surface area contributed by atoms with E-state index in [0.717, 1.165) is 5.56 Å². The van der Waals surface area contributed by atoms with Gasteiger partial charge in [0.05, 0.1) is 33.5 Å². The molecule has 1 N–H and O–H groups in total. The molecule has 0 aliphatic rings. The van der Waals surface area contributed by atoms with Crippen LogP contribution in [0.2, 0.25) is 0 Å². The van der Waals surface area contributed by atoms with Crippen LogP contribution in [0.3, 0.4) is 0 Å². The number of hydrazone groups is 1. The molecule has 0 unspecified atom stereocenters. The molecule has 0 radical (unpaired) electrons. The summed E-state index contributed by atoms with van der Waals surface area (Å²) < 4.78 is 0. The minimum atomic E-state index is -0.494. The van der Waals surface area contributed by atoms with Crippen LogP contribution in [-0.2, 0) is 0 Å². The van der Waals surface area contributed by atoms with Gasteiger partial charge in [-0.3, -0.25) is 14.9 Å². The molecule has 146 valence electrons. The zero-order valence-electron chi connectivity index (χ0n) is 15.7. The van der Waals surface area contributed by atoms with E-state index in [1.165, 1.54) is 12.3 Å². The number of hydrogen-bond acceptors (Lipinski definition) is 5. The van der Waals surface area contributed by atoms with Gasteiger partial charge in [-0.05, 0) is 18.2 Å². The number of nitrogens with zero attached hydrogens (tertiary/aromatic N) is 3. The summed E-state index contributed by atoms with van der Waals surface area (Å²) >= 11 is 0. The molecular weight excluding hydrogens is 380 g/mol. The van der Waals surface area contributed by atoms with E-state index in [4.69, 9.17) is 0 Å². The highest BCUT2D eigenvalue weighted by molar-refractivity contribution is 6.07. The molecule has 0 spiro atoms. The minimum absolute atomic E-state index is 0.0868. The maximum atomic E-state index is 12.9. The van der Waals surface area contributed by atoms with Gasteiger partial charge in [-0.1, -0.05) is 60.7 Å². The standard InChI is InChI=1S/C23H16N4O3/c28-23(26-24-15-17-10-4-7-13-22(17)27(29)30)19-14-21(16-8-2-1-3-9-16)25-20-12-6-5-11-18(19)20/h1-15H,(H,26,28)/b24-15-. The Bertz CT molecular complexity index is 1270. The second-order valence-corrected chi connectivity index (χ2v) is 6.45. The number of nitrogens with one attached hydrogen (secondary N) is 1. The Kier molecular flexibility index (Phi) is 5.25. The Morgan fingerprint density at radius 3 is 2.47 bits per heavy atom. The number of pyridine rings is 1. The van der Waals surface area contributed by atoms with Crippen LogP contribution in [-0.4, -0.2) is 22.0 Å². The maximum absolute atomic E-state index is 12.9. The van der Waals surface area contributed by atoms with E-state index in [1.54, 1.807) is 24.3 Å². The van der Waals surface area contributed by atoms with Crippen LogP contribution in [0.1, 0.15) is 15.9 Å². The van der Waals surface area contributed by atoms with Crippen molar-refractivity contribution in [1.29, 1.82) is 0 Å². The zero-order valence-corrected chi connectivity index (χ0v) is 15.7. The molecule has 0 aliphatic heterocycles. The van der Waals surface area contributed by atoms with Gasteiger partial charge in [0.15, 0.2) is 0 Å². The Morgan fingerprint density at radius 2 is 1.67 bits per heavy atom. The van der Waals surface area contributed by atoms with Gasteiger partial charge in [-0.2, -0.15) is 5.10 Å². The van der Waals surface area contributed by atoms with Crippen molar-refractivity contribution in [1.82, 2.24) is 10.4 Å². The first kappa shape index (κ1) is 18.9. The number of nitro benzene ring substituents is 1. The van der Waals surface area contributed by atoms with Crippen molar-refractivity contribution in [2.24, 2.45) is 5.10 Å². The number of fused-ring (bicyclic) bond motifs is 1. The molecule has 4 aromatic rings. The summed E-state index contributed by atoms with van der Waals surface area (Å²) in [6, 6.07) is 24.8. The molecule has 1 aromatic heterocycles. The Morgan fingerprint density at radius 1 is 0.967 bits per heavy atom. The smallest absolute Gasteiger partial charge is 0.267 e. The predicted octanol–water partition coefficient (Wildman–Crippen LogP) is 4.57. The van der Waals surface area contributed by atoms with Crippen molar-refractivity contribution in [3.8, 4) is 11.3 Å². The molecule has 0 aliphatic carbocycles. The third-order valence-electron chi connectivity index (χ3n) is 4.53. The number of hydrogen-bond donors (Lipinski definition) is 1. The van der Waals surface area contributed by atoms with Gasteiger partial charge in [-0.25, -0.2) is 10.4 Å². The molecule has 7 heteroatoms. The number of benzene rings is 3. The second kappa shape index (κ2) is 8.32. The molecule has 4 rings (SSSR count). The van der Waals surface area contributed by atoms with Crippen molar-refractivity contribution in [3.63, 3.8) is 0 Å². The summed E-state index contributed by atoms with van der Waals surface area (Å²) in [6.45, 7) is 0. The SMILES string of the molecule is O=C(N/N=C\c1ccccc1[N+](=O)[O-])c1cc(-c2ccccc2)nc2ccccc12. The molecule has 30 heavy (non-hydrogen) atoms. The average Bonchev–Trinajstić information content (AvgIpc) is 2.79. The van der Waals surface area contributed by atoms with Gasteiger partial charge in [0, 0.05) is 17.0 Å². The fourth-order valence-electron chi connectivity index (χ4n) is 3.10. The number of para-hydroxylation sites is 2. The number of rotatable bonds is 5. The van der Waals surface area contributed by atoms with Crippen LogP contribution in [0.5, 0.6) is 0 Å². The van der Waals surface area contributed by atoms with Crippen molar-refractivity contribution >= 4 is 28.7 Å². The highest BCUT2D eigenvalue weighted by Crippen LogP contribution is 2.24. The van der Waals surface area contributed by atoms with E-state index in [-0.39, 0.29) is 5.69 Å². The lowest BCUT2D eigenvalue weighted by Crippen LogP contribution is -2.18. The Labute approximate surface area is 171 Å². The lowest BCUT2D eigenvalue weighted by atomic mass is 10.0. The van der Waals surface area contributed by atoms with Crippen LogP contribution in [0.25, 0.3) is 22.2 Å². The molecule has 3 aromatic carbocycles. The third-order valence-corrected chi connectivity index (χ3v) is 4.53. The molecule has 0 bridgehead atoms. The second-order valence-electron chi connectivity index (χ2n) is 6.45. The molecule has 7 nitrogen and oxygen atoms in total. The quantitative estimate of drug-likeness (QED) is 0.303. The summed E-state index contributed by atoms with van der Waals surface area (Å²) in [5, 5.41) is 15.7. The predicted molar refractivity (Wildman–Crippen MR) is 115 cm³/mol. The molecule has 0 fully saturated rings. The highest BCUT2D eigenvalue weighted by atomic mass is 16.6. The molecular formula is C23H16N4O3. The van der Waals surface area contributed by atoms with E-state index < -0.39 is 10.8 Å². The minimum Gasteiger partial charge on any atom is -0.267 e. The fourth-order valence-corrected chi connectivity index (χ4v) is 3.10. The summed E-state index contributed by atoms with van der Waals surface area (Å²) in [5.74, 6) is -0.430. The first-order chi connectivity index (χ1) is 14.6. The number of amides is 1. The van der Waals surface area contributed by atoms with Crippen molar-refractivity contribution < 1.29 is 9.72 Å². The molecule has 1 heterocycles. The van der Waals surface area contributed by atoms with Crippen molar-refractivity contribution in [2.45, 2.75) is 0 Å². The molecule has 0 atom stereocenters. The van der Waals surface area contributed by atoms with Gasteiger partial charge in [-0.15, -0.1) is 0 Å². The van der Waals surface area contributed by atoms with Gasteiger partial charge in [0.2, 0.25) is 0 Å². The Balaban J connectivity index is 1.67. The summed E-state index contributed by atoms with van der Waals surface area (Å²) in [7, 11) is 0. The van der Waals surface area contributed by atoms with Gasteiger partial charge < -0.3 is 0 Å². The van der Waals surface area contributed by atoms with Crippen molar-refractivity contribution in [2.75, 3.05) is 0 Å². The lowest BCUT2D eigenvalue weighted by Gasteiger charge is -2.09.